The van der Waals surface area contributed by atoms with Gasteiger partial charge in [0, 0.05) is 55.0 Å². The molecule has 26 heteroatoms. The van der Waals surface area contributed by atoms with E-state index in [-0.39, 0.29) is 85.1 Å². The van der Waals surface area contributed by atoms with E-state index in [2.05, 4.69) is 10.6 Å². The fourth-order valence-electron chi connectivity index (χ4n) is 10.2. The van der Waals surface area contributed by atoms with Gasteiger partial charge in [0.1, 0.15) is 66.4 Å². The molecule has 13 N–H and O–H groups in total. The molecular weight excluding hydrogens is 1010 g/mol. The monoisotopic (exact) mass is 1070 g/mol. The SMILES string of the molecule is COc1cccc2c1C(=O)c1c(O)c3c(c(O)c1C2=O)C[C@@](O)(C(=O)CO)CC3OC1CC(NCCCC2OCCN2C(=O)OCc2ccc(O[C@@H]3O[C@H](C(=O)O)[C@@H](O)C(O)[C@H]3O)c(NC(=O)CCN)c2)C(O)C(C)O1. The number of anilines is 1. The van der Waals surface area contributed by atoms with E-state index in [0.717, 1.165) is 0 Å². The molecule has 0 saturated carbocycles. The van der Waals surface area contributed by atoms with E-state index in [1.54, 1.807) is 6.92 Å². The number of methoxy groups -OCH3 is 1. The Morgan fingerprint density at radius 1 is 0.934 bits per heavy atom. The first-order valence-corrected chi connectivity index (χ1v) is 24.4. The van der Waals surface area contributed by atoms with Crippen LogP contribution in [0.15, 0.2) is 36.4 Å². The molecule has 76 heavy (non-hydrogen) atoms. The number of ether oxygens (including phenoxy) is 7. The molecule has 3 aromatic rings. The minimum absolute atomic E-state index is 0.00388. The zero-order valence-electron chi connectivity index (χ0n) is 41.2. The number of hydrogen-bond donors (Lipinski definition) is 12. The smallest absolute Gasteiger partial charge is 0.412 e. The molecule has 2 amide bonds. The zero-order chi connectivity index (χ0) is 54.9. The Kier molecular flexibility index (Phi) is 16.9. The third kappa shape index (κ3) is 10.9. The normalized spacial score (nSPS) is 29.0. The zero-order valence-corrected chi connectivity index (χ0v) is 41.2. The Balaban J connectivity index is 0.901. The molecule has 3 fully saturated rings. The quantitative estimate of drug-likeness (QED) is 0.0418. The number of nitrogens with one attached hydrogen (secondary N) is 2. The molecule has 0 bridgehead atoms. The molecule has 5 aliphatic rings. The molecule has 26 nitrogen and oxygen atoms in total. The van der Waals surface area contributed by atoms with E-state index in [1.165, 1.54) is 48.4 Å². The van der Waals surface area contributed by atoms with Crippen LogP contribution in [0.1, 0.15) is 93.7 Å². The number of carboxylic acids is 1. The lowest BCUT2D eigenvalue weighted by molar-refractivity contribution is -0.271. The lowest BCUT2D eigenvalue weighted by Gasteiger charge is -2.43. The number of nitrogens with two attached hydrogens (primary N) is 1. The van der Waals surface area contributed by atoms with Crippen LogP contribution in [0, 0.1) is 0 Å². The van der Waals surface area contributed by atoms with E-state index < -0.39 is 151 Å². The highest BCUT2D eigenvalue weighted by atomic mass is 16.7. The summed E-state index contributed by atoms with van der Waals surface area (Å²) < 4.78 is 40.1. The second-order valence-electron chi connectivity index (χ2n) is 19.0. The predicted octanol–water partition coefficient (Wildman–Crippen LogP) is -1.03. The van der Waals surface area contributed by atoms with Crippen LogP contribution in [0.3, 0.4) is 0 Å². The second kappa shape index (κ2) is 23.1. The molecule has 8 rings (SSSR count). The van der Waals surface area contributed by atoms with Gasteiger partial charge in [-0.15, -0.1) is 0 Å². The number of carbonyl (C=O) groups excluding carboxylic acids is 5. The number of ketones is 3. The van der Waals surface area contributed by atoms with Crippen LogP contribution in [0.2, 0.25) is 0 Å². The molecule has 0 radical (unpaired) electrons. The third-order valence-corrected chi connectivity index (χ3v) is 14.1. The standard InChI is InChI=1S/C50H60N4O22/c1-21-38(58)26(16-33(73-21)74-29-18-50(69,30(56)19-55)17-24-35(29)42(62)37-36(40(24)60)39(59)23-5-3-6-28(70-2)34(23)41(37)61)52-12-4-7-32-54(13-14-71-32)49(68)72-20-22-8-9-27(25(15-22)53-31(57)10-11-51)75-48-45(65)43(63)44(64)46(76-48)47(66)67/h3,5-6,8-9,15,21,26,29,32-33,38,43-46,48,52,55,58,60,62-65,69H,4,7,10-14,16-20,51H2,1-2H3,(H,53,57)(H,66,67)/t21?,26?,29?,32?,33?,38?,43?,44-,45+,46-,48+,50-/m0/s1. The first-order chi connectivity index (χ1) is 36.2. The summed E-state index contributed by atoms with van der Waals surface area (Å²) in [4.78, 5) is 80.0. The van der Waals surface area contributed by atoms with Crippen molar-refractivity contribution < 1.29 is 108 Å². The van der Waals surface area contributed by atoms with Crippen LogP contribution in [0.25, 0.3) is 0 Å². The Morgan fingerprint density at radius 3 is 2.39 bits per heavy atom. The number of aliphatic carboxylic acids is 1. The van der Waals surface area contributed by atoms with Gasteiger partial charge in [0.05, 0.1) is 61.0 Å². The predicted molar refractivity (Wildman–Crippen MR) is 255 cm³/mol. The number of amides is 2. The number of carboxylic acid groups (broad SMARTS) is 1. The molecular formula is C50H60N4O22. The molecule has 3 saturated heterocycles. The average Bonchev–Trinajstić information content (AvgIpc) is 3.94. The topological polar surface area (TPSA) is 402 Å². The van der Waals surface area contributed by atoms with E-state index in [9.17, 15) is 74.7 Å². The Bertz CT molecular complexity index is 2740. The molecule has 412 valence electrons. The number of phenolic OH excluding ortho intramolecular Hbond substituents is 2. The van der Waals surface area contributed by atoms with Gasteiger partial charge in [-0.05, 0) is 50.1 Å². The molecule has 0 aromatic heterocycles. The van der Waals surface area contributed by atoms with Gasteiger partial charge >= 0.3 is 12.1 Å². The largest absolute Gasteiger partial charge is 0.507 e. The molecule has 2 aliphatic carbocycles. The summed E-state index contributed by atoms with van der Waals surface area (Å²) in [5, 5.41) is 102. The van der Waals surface area contributed by atoms with Gasteiger partial charge in [0.25, 0.3) is 0 Å². The van der Waals surface area contributed by atoms with Crippen molar-refractivity contribution in [3.05, 3.63) is 75.3 Å². The van der Waals surface area contributed by atoms with Gasteiger partial charge in [0.15, 0.2) is 24.0 Å². The number of nitrogens with zero attached hydrogens (tertiary/aromatic N) is 1. The maximum atomic E-state index is 14.1. The number of benzene rings is 3. The van der Waals surface area contributed by atoms with Crippen molar-refractivity contribution in [1.82, 2.24) is 10.2 Å². The van der Waals surface area contributed by atoms with E-state index in [1.807, 2.05) is 0 Å². The summed E-state index contributed by atoms with van der Waals surface area (Å²) in [7, 11) is 1.30. The van der Waals surface area contributed by atoms with Crippen LogP contribution in [0.4, 0.5) is 10.5 Å². The lowest BCUT2D eigenvalue weighted by atomic mass is 9.72. The van der Waals surface area contributed by atoms with Crippen molar-refractivity contribution in [2.75, 3.05) is 45.3 Å². The highest BCUT2D eigenvalue weighted by Gasteiger charge is 2.51. The molecule has 3 heterocycles. The number of rotatable bonds is 18. The van der Waals surface area contributed by atoms with Crippen LogP contribution in [-0.2, 0) is 51.1 Å². The lowest BCUT2D eigenvalue weighted by Crippen LogP contribution is -2.61. The molecule has 12 atom stereocenters. The van der Waals surface area contributed by atoms with Crippen molar-refractivity contribution in [2.45, 2.75) is 125 Å². The number of fused-ring (bicyclic) bond motifs is 3. The maximum absolute atomic E-state index is 14.1. The minimum atomic E-state index is -2.37. The van der Waals surface area contributed by atoms with Gasteiger partial charge in [-0.2, -0.15) is 0 Å². The van der Waals surface area contributed by atoms with Gasteiger partial charge in [-0.25, -0.2) is 9.59 Å². The van der Waals surface area contributed by atoms with Crippen LogP contribution < -0.4 is 25.8 Å². The summed E-state index contributed by atoms with van der Waals surface area (Å²) in [6.45, 7) is 0.814. The fraction of sp³-hybridized carbons (Fsp3) is 0.520. The van der Waals surface area contributed by atoms with Crippen LogP contribution in [0.5, 0.6) is 23.0 Å². The first kappa shape index (κ1) is 55.8. The summed E-state index contributed by atoms with van der Waals surface area (Å²) in [5.41, 5.74) is 1.75. The molecule has 7 unspecified atom stereocenters. The number of aliphatic hydroxyl groups is 6. The Labute approximate surface area is 432 Å². The van der Waals surface area contributed by atoms with Crippen molar-refractivity contribution >= 4 is 41.0 Å². The van der Waals surface area contributed by atoms with Gasteiger partial charge in [0.2, 0.25) is 18.0 Å². The number of phenols is 2. The Hall–Kier alpha value is -6.40. The van der Waals surface area contributed by atoms with Crippen molar-refractivity contribution in [2.24, 2.45) is 5.73 Å². The molecule has 0 spiro atoms. The van der Waals surface area contributed by atoms with Crippen LogP contribution >= 0.6 is 0 Å². The van der Waals surface area contributed by atoms with E-state index in [0.29, 0.717) is 18.4 Å². The van der Waals surface area contributed by atoms with Crippen molar-refractivity contribution in [3.63, 3.8) is 0 Å². The first-order valence-electron chi connectivity index (χ1n) is 24.4. The minimum Gasteiger partial charge on any atom is -0.507 e. The number of Topliss-reactive ketones (excluding diaryl/α,β-unsaturated/α-hetero) is 1. The number of aromatic hydroxyl groups is 2. The fourth-order valence-corrected chi connectivity index (χ4v) is 10.2. The second-order valence-corrected chi connectivity index (χ2v) is 19.0. The van der Waals surface area contributed by atoms with Crippen molar-refractivity contribution in [1.29, 1.82) is 0 Å². The summed E-state index contributed by atoms with van der Waals surface area (Å²) in [5.74, 6) is -6.45. The van der Waals surface area contributed by atoms with Crippen molar-refractivity contribution in [3.8, 4) is 23.0 Å². The van der Waals surface area contributed by atoms with Gasteiger partial charge in [-0.3, -0.25) is 24.1 Å². The highest BCUT2D eigenvalue weighted by molar-refractivity contribution is 6.31. The summed E-state index contributed by atoms with van der Waals surface area (Å²) in [6.07, 6.45) is -16.3. The number of hydrogen-bond acceptors (Lipinski definition) is 23. The number of aliphatic hydroxyl groups excluding tert-OH is 5. The Morgan fingerprint density at radius 2 is 1.68 bits per heavy atom. The maximum Gasteiger partial charge on any atom is 0.412 e. The van der Waals surface area contributed by atoms with Crippen LogP contribution in [-0.4, -0.2) is 193 Å². The van der Waals surface area contributed by atoms with Gasteiger partial charge < -0.3 is 95.5 Å². The highest BCUT2D eigenvalue weighted by Crippen LogP contribution is 2.52. The summed E-state index contributed by atoms with van der Waals surface area (Å²) >= 11 is 0. The van der Waals surface area contributed by atoms with E-state index in [4.69, 9.17) is 38.9 Å². The molecule has 3 aromatic carbocycles. The van der Waals surface area contributed by atoms with E-state index >= 15 is 0 Å². The van der Waals surface area contributed by atoms with Gasteiger partial charge in [-0.1, -0.05) is 18.2 Å². The third-order valence-electron chi connectivity index (χ3n) is 14.1. The average molecular weight is 1070 g/mol. The number of carbonyl (C=O) groups is 6. The summed E-state index contributed by atoms with van der Waals surface area (Å²) in [6, 6.07) is 7.76. The molecule has 3 aliphatic heterocycles.